The minimum absolute atomic E-state index is 0.361. The molecule has 2 heterocycles. The molecule has 1 N–H and O–H groups in total. The number of carbonyl (C=O) groups is 1. The number of benzene rings is 1. The van der Waals surface area contributed by atoms with Crippen LogP contribution in [0.4, 0.5) is 10.5 Å². The number of thiol groups is 1. The van der Waals surface area contributed by atoms with Gasteiger partial charge in [-0.05, 0) is 53.3 Å². The standard InChI is InChI=1S/C20H25N3O3S/c1-15-18(22-27(2,3)25)11-12-19(21-15)16-8-7-13-23(14-16)20(24)26-17-9-5-4-6-10-17/h4-6,8-12,27H,7,13-14H2,1-3H3,(H,22,25). The predicted molar refractivity (Wildman–Crippen MR) is 111 cm³/mol. The Labute approximate surface area is 160 Å². The molecule has 0 atom stereocenters. The fourth-order valence-electron chi connectivity index (χ4n) is 2.89. The van der Waals surface area contributed by atoms with E-state index in [1.807, 2.05) is 37.3 Å². The van der Waals surface area contributed by atoms with Crippen molar-refractivity contribution in [2.75, 3.05) is 30.3 Å². The molecule has 1 aliphatic heterocycles. The molecular weight excluding hydrogens is 362 g/mol. The normalized spacial score (nSPS) is 15.1. The molecule has 6 nitrogen and oxygen atoms in total. The second kappa shape index (κ2) is 7.92. The number of ether oxygens (including phenoxy) is 1. The zero-order valence-electron chi connectivity index (χ0n) is 15.8. The van der Waals surface area contributed by atoms with Gasteiger partial charge in [0, 0.05) is 19.1 Å². The summed E-state index contributed by atoms with van der Waals surface area (Å²) < 4.78 is 20.4. The molecule has 27 heavy (non-hydrogen) atoms. The van der Waals surface area contributed by atoms with Crippen molar-refractivity contribution in [1.29, 1.82) is 0 Å². The van der Waals surface area contributed by atoms with Gasteiger partial charge in [-0.25, -0.2) is 4.79 Å². The number of carbonyl (C=O) groups excluding carboxylic acids is 1. The highest BCUT2D eigenvalue weighted by atomic mass is 32.3. The summed E-state index contributed by atoms with van der Waals surface area (Å²) in [6.45, 7) is 2.94. The van der Waals surface area contributed by atoms with Crippen LogP contribution in [-0.4, -0.2) is 45.8 Å². The van der Waals surface area contributed by atoms with Crippen molar-refractivity contribution >= 4 is 27.5 Å². The van der Waals surface area contributed by atoms with Crippen LogP contribution in [0.2, 0.25) is 0 Å². The number of anilines is 1. The van der Waals surface area contributed by atoms with Crippen molar-refractivity contribution in [3.63, 3.8) is 0 Å². The summed E-state index contributed by atoms with van der Waals surface area (Å²) in [6.07, 6.45) is 5.85. The first-order chi connectivity index (χ1) is 12.8. The first-order valence-corrected chi connectivity index (χ1v) is 11.4. The Morgan fingerprint density at radius 2 is 1.93 bits per heavy atom. The van der Waals surface area contributed by atoms with Crippen LogP contribution >= 0.6 is 0 Å². The Bertz CT molecular complexity index is 906. The summed E-state index contributed by atoms with van der Waals surface area (Å²) in [7, 11) is -2.39. The summed E-state index contributed by atoms with van der Waals surface area (Å²) in [5.41, 5.74) is 3.35. The van der Waals surface area contributed by atoms with Crippen molar-refractivity contribution in [1.82, 2.24) is 9.88 Å². The maximum absolute atomic E-state index is 12.4. The molecule has 3 rings (SSSR count). The fourth-order valence-corrected chi connectivity index (χ4v) is 3.70. The average Bonchev–Trinajstić information content (AvgIpc) is 2.63. The molecule has 2 aromatic rings. The number of amides is 1. The van der Waals surface area contributed by atoms with Crippen LogP contribution in [0.1, 0.15) is 17.8 Å². The molecule has 0 unspecified atom stereocenters. The minimum atomic E-state index is -2.39. The lowest BCUT2D eigenvalue weighted by Gasteiger charge is -2.27. The molecule has 0 fully saturated rings. The van der Waals surface area contributed by atoms with Crippen LogP contribution in [0.3, 0.4) is 0 Å². The van der Waals surface area contributed by atoms with Gasteiger partial charge < -0.3 is 14.4 Å². The molecule has 0 saturated heterocycles. The molecular formula is C20H25N3O3S. The third-order valence-electron chi connectivity index (χ3n) is 4.16. The third-order valence-corrected chi connectivity index (χ3v) is 4.94. The van der Waals surface area contributed by atoms with Gasteiger partial charge in [0.05, 0.1) is 23.6 Å². The zero-order chi connectivity index (χ0) is 19.4. The van der Waals surface area contributed by atoms with Crippen molar-refractivity contribution in [2.24, 2.45) is 0 Å². The van der Waals surface area contributed by atoms with E-state index in [0.717, 1.165) is 29.1 Å². The van der Waals surface area contributed by atoms with E-state index in [9.17, 15) is 9.00 Å². The maximum Gasteiger partial charge on any atom is 0.415 e. The fraction of sp³-hybridized carbons (Fsp3) is 0.300. The molecule has 1 aromatic heterocycles. The Morgan fingerprint density at radius 1 is 1.19 bits per heavy atom. The largest absolute Gasteiger partial charge is 0.415 e. The van der Waals surface area contributed by atoms with Gasteiger partial charge in [0.2, 0.25) is 0 Å². The van der Waals surface area contributed by atoms with Crippen molar-refractivity contribution < 1.29 is 13.7 Å². The van der Waals surface area contributed by atoms with Gasteiger partial charge in [0.25, 0.3) is 0 Å². The molecule has 0 spiro atoms. The van der Waals surface area contributed by atoms with Crippen molar-refractivity contribution in [3.05, 3.63) is 59.9 Å². The van der Waals surface area contributed by atoms with Gasteiger partial charge >= 0.3 is 6.09 Å². The highest BCUT2D eigenvalue weighted by Crippen LogP contribution is 2.24. The highest BCUT2D eigenvalue weighted by molar-refractivity contribution is 8.02. The Kier molecular flexibility index (Phi) is 5.60. The SMILES string of the molecule is Cc1nc(C2=CCCN(C(=O)Oc3ccccc3)C2)ccc1N[SH](C)(C)=O. The number of hydrogen-bond donors (Lipinski definition) is 2. The van der Waals surface area contributed by atoms with Gasteiger partial charge in [-0.2, -0.15) is 0 Å². The van der Waals surface area contributed by atoms with Crippen LogP contribution < -0.4 is 9.46 Å². The van der Waals surface area contributed by atoms with Crippen molar-refractivity contribution in [2.45, 2.75) is 13.3 Å². The summed E-state index contributed by atoms with van der Waals surface area (Å²) in [4.78, 5) is 18.7. The topological polar surface area (TPSA) is 71.5 Å². The lowest BCUT2D eigenvalue weighted by molar-refractivity contribution is 0.157. The van der Waals surface area contributed by atoms with Gasteiger partial charge in [0.15, 0.2) is 0 Å². The number of rotatable bonds is 4. The van der Waals surface area contributed by atoms with Gasteiger partial charge in [0.1, 0.15) is 5.75 Å². The second-order valence-corrected chi connectivity index (χ2v) is 9.84. The molecule has 1 aliphatic rings. The van der Waals surface area contributed by atoms with E-state index in [2.05, 4.69) is 15.8 Å². The average molecular weight is 388 g/mol. The van der Waals surface area contributed by atoms with E-state index in [4.69, 9.17) is 4.74 Å². The molecule has 0 aliphatic carbocycles. The van der Waals surface area contributed by atoms with E-state index < -0.39 is 10.1 Å². The number of nitrogens with zero attached hydrogens (tertiary/aromatic N) is 2. The van der Waals surface area contributed by atoms with Crippen LogP contribution in [0.25, 0.3) is 5.57 Å². The first kappa shape index (κ1) is 19.1. The lowest BCUT2D eigenvalue weighted by Crippen LogP contribution is -2.37. The van der Waals surface area contributed by atoms with Crippen molar-refractivity contribution in [3.8, 4) is 5.75 Å². The predicted octanol–water partition coefficient (Wildman–Crippen LogP) is 3.28. The molecule has 0 saturated carbocycles. The quantitative estimate of drug-likeness (QED) is 0.790. The van der Waals surface area contributed by atoms with E-state index >= 15 is 0 Å². The summed E-state index contributed by atoms with van der Waals surface area (Å²) in [5.74, 6) is 0.534. The number of aryl methyl sites for hydroxylation is 1. The lowest BCUT2D eigenvalue weighted by atomic mass is 10.1. The number of aromatic nitrogens is 1. The number of pyridine rings is 1. The monoisotopic (exact) mass is 387 g/mol. The van der Waals surface area contributed by atoms with E-state index in [-0.39, 0.29) is 6.09 Å². The highest BCUT2D eigenvalue weighted by Gasteiger charge is 2.21. The number of nitrogens with one attached hydrogen (secondary N) is 1. The Hall–Kier alpha value is -2.67. The first-order valence-electron chi connectivity index (χ1n) is 8.84. The zero-order valence-corrected chi connectivity index (χ0v) is 16.7. The summed E-state index contributed by atoms with van der Waals surface area (Å²) in [5, 5.41) is 0. The molecule has 144 valence electrons. The number of hydrogen-bond acceptors (Lipinski definition) is 4. The molecule has 7 heteroatoms. The van der Waals surface area contributed by atoms with E-state index in [1.165, 1.54) is 0 Å². The van der Waals surface area contributed by atoms with Crippen LogP contribution in [0.15, 0.2) is 48.5 Å². The molecule has 1 aromatic carbocycles. The molecule has 1 amide bonds. The maximum atomic E-state index is 12.4. The van der Waals surface area contributed by atoms with Crippen LogP contribution in [0, 0.1) is 6.92 Å². The molecule has 0 radical (unpaired) electrons. The van der Waals surface area contributed by atoms with Gasteiger partial charge in [-0.3, -0.25) is 9.19 Å². The Morgan fingerprint density at radius 3 is 2.59 bits per heavy atom. The smallest absolute Gasteiger partial charge is 0.410 e. The van der Waals surface area contributed by atoms with Gasteiger partial charge in [-0.15, -0.1) is 0 Å². The van der Waals surface area contributed by atoms with Gasteiger partial charge in [-0.1, -0.05) is 24.3 Å². The summed E-state index contributed by atoms with van der Waals surface area (Å²) >= 11 is 0. The van der Waals surface area contributed by atoms with Crippen LogP contribution in [-0.2, 0) is 10.1 Å². The third kappa shape index (κ3) is 5.17. The van der Waals surface area contributed by atoms with E-state index in [1.54, 1.807) is 29.5 Å². The second-order valence-electron chi connectivity index (χ2n) is 6.91. The Balaban J connectivity index is 1.71. The van der Waals surface area contributed by atoms with E-state index in [0.29, 0.717) is 18.8 Å². The van der Waals surface area contributed by atoms with Crippen LogP contribution in [0.5, 0.6) is 5.75 Å². The number of para-hydroxylation sites is 1. The minimum Gasteiger partial charge on any atom is -0.410 e. The summed E-state index contributed by atoms with van der Waals surface area (Å²) in [6, 6.07) is 12.8. The molecule has 0 bridgehead atoms.